The Kier molecular flexibility index (Phi) is 4.60. The Morgan fingerprint density at radius 1 is 1.33 bits per heavy atom. The fourth-order valence-electron chi connectivity index (χ4n) is 2.66. The summed E-state index contributed by atoms with van der Waals surface area (Å²) >= 11 is 0. The molecule has 0 aromatic heterocycles. The summed E-state index contributed by atoms with van der Waals surface area (Å²) in [5.74, 6) is -0.656. The third kappa shape index (κ3) is 3.06. The maximum Gasteiger partial charge on any atom is 0.245 e. The average Bonchev–Trinajstić information content (AvgIpc) is 2.46. The van der Waals surface area contributed by atoms with E-state index in [1.54, 1.807) is 25.1 Å². The lowest BCUT2D eigenvalue weighted by molar-refractivity contribution is -0.151. The largest absolute Gasteiger partial charge is 0.343 e. The summed E-state index contributed by atoms with van der Waals surface area (Å²) in [7, 11) is 0. The van der Waals surface area contributed by atoms with Crippen LogP contribution >= 0.6 is 0 Å². The van der Waals surface area contributed by atoms with Gasteiger partial charge in [-0.1, -0.05) is 38.5 Å². The number of halogens is 1. The lowest BCUT2D eigenvalue weighted by atomic mass is 9.93. The quantitative estimate of drug-likeness (QED) is 0.924. The molecule has 3 unspecified atom stereocenters. The summed E-state index contributed by atoms with van der Waals surface area (Å²) < 4.78 is 13.8. The van der Waals surface area contributed by atoms with Crippen LogP contribution in [0.1, 0.15) is 32.8 Å². The first kappa shape index (κ1) is 15.5. The number of piperazine rings is 1. The predicted octanol–water partition coefficient (Wildman–Crippen LogP) is 2.09. The molecule has 1 aromatic carbocycles. The lowest BCUT2D eigenvalue weighted by Crippen LogP contribution is -2.63. The minimum absolute atomic E-state index is 0.0215. The number of hydrogen-bond donors (Lipinski definition) is 1. The van der Waals surface area contributed by atoms with Gasteiger partial charge in [0.25, 0.3) is 0 Å². The van der Waals surface area contributed by atoms with Gasteiger partial charge in [0, 0.05) is 12.1 Å². The van der Waals surface area contributed by atoms with Crippen LogP contribution in [-0.4, -0.2) is 28.8 Å². The lowest BCUT2D eigenvalue weighted by Gasteiger charge is -2.40. The van der Waals surface area contributed by atoms with Gasteiger partial charge in [-0.3, -0.25) is 9.59 Å². The van der Waals surface area contributed by atoms with Crippen LogP contribution in [0.3, 0.4) is 0 Å². The van der Waals surface area contributed by atoms with Crippen LogP contribution in [0.15, 0.2) is 24.3 Å². The Balaban J connectivity index is 2.32. The van der Waals surface area contributed by atoms with Gasteiger partial charge in [0.05, 0.1) is 0 Å². The molecule has 1 aromatic rings. The van der Waals surface area contributed by atoms with Crippen molar-refractivity contribution >= 4 is 11.8 Å². The van der Waals surface area contributed by atoms with Crippen molar-refractivity contribution in [2.75, 3.05) is 0 Å². The molecule has 0 aliphatic carbocycles. The number of rotatable bonds is 4. The summed E-state index contributed by atoms with van der Waals surface area (Å²) in [4.78, 5) is 26.2. The normalized spacial score (nSPS) is 23.9. The minimum atomic E-state index is -0.565. The zero-order valence-corrected chi connectivity index (χ0v) is 12.6. The van der Waals surface area contributed by atoms with E-state index in [-0.39, 0.29) is 30.1 Å². The van der Waals surface area contributed by atoms with Gasteiger partial charge in [0.1, 0.15) is 17.9 Å². The summed E-state index contributed by atoms with van der Waals surface area (Å²) in [6.07, 6.45) is 0.771. The SMILES string of the molecule is CCC(C)C1C(=O)NC(C)C(=O)N1Cc1ccccc1F. The van der Waals surface area contributed by atoms with Gasteiger partial charge >= 0.3 is 0 Å². The zero-order chi connectivity index (χ0) is 15.6. The molecule has 1 fully saturated rings. The molecule has 1 N–H and O–H groups in total. The maximum atomic E-state index is 13.8. The fourth-order valence-corrected chi connectivity index (χ4v) is 2.66. The molecule has 0 radical (unpaired) electrons. The highest BCUT2D eigenvalue weighted by molar-refractivity contribution is 5.96. The van der Waals surface area contributed by atoms with E-state index < -0.39 is 12.1 Å². The molecule has 0 saturated carbocycles. The average molecular weight is 292 g/mol. The molecule has 3 atom stereocenters. The molecule has 2 rings (SSSR count). The molecular weight excluding hydrogens is 271 g/mol. The highest BCUT2D eigenvalue weighted by Gasteiger charge is 2.41. The van der Waals surface area contributed by atoms with Crippen molar-refractivity contribution in [1.82, 2.24) is 10.2 Å². The molecule has 2 amide bonds. The first-order chi connectivity index (χ1) is 9.95. The van der Waals surface area contributed by atoms with Gasteiger partial charge < -0.3 is 10.2 Å². The predicted molar refractivity (Wildman–Crippen MR) is 77.8 cm³/mol. The highest BCUT2D eigenvalue weighted by Crippen LogP contribution is 2.23. The number of amides is 2. The van der Waals surface area contributed by atoms with Crippen LogP contribution in [-0.2, 0) is 16.1 Å². The van der Waals surface area contributed by atoms with E-state index in [9.17, 15) is 14.0 Å². The van der Waals surface area contributed by atoms with Crippen LogP contribution in [0.4, 0.5) is 4.39 Å². The molecule has 1 heterocycles. The second kappa shape index (κ2) is 6.24. The Hall–Kier alpha value is -1.91. The Labute approximate surface area is 124 Å². The van der Waals surface area contributed by atoms with E-state index in [1.165, 1.54) is 11.0 Å². The van der Waals surface area contributed by atoms with Crippen molar-refractivity contribution in [1.29, 1.82) is 0 Å². The van der Waals surface area contributed by atoms with Gasteiger partial charge in [-0.2, -0.15) is 0 Å². The minimum Gasteiger partial charge on any atom is -0.343 e. The molecule has 5 heteroatoms. The number of hydrogen-bond acceptors (Lipinski definition) is 2. The van der Waals surface area contributed by atoms with Crippen LogP contribution in [0.25, 0.3) is 0 Å². The molecular formula is C16H21FN2O2. The summed E-state index contributed by atoms with van der Waals surface area (Å²) in [6, 6.07) is 5.24. The summed E-state index contributed by atoms with van der Waals surface area (Å²) in [5, 5.41) is 2.70. The fraction of sp³-hybridized carbons (Fsp3) is 0.500. The van der Waals surface area contributed by atoms with Crippen LogP contribution in [0, 0.1) is 11.7 Å². The van der Waals surface area contributed by atoms with Crippen LogP contribution < -0.4 is 5.32 Å². The van der Waals surface area contributed by atoms with E-state index in [0.29, 0.717) is 5.56 Å². The maximum absolute atomic E-state index is 13.8. The van der Waals surface area contributed by atoms with E-state index in [2.05, 4.69) is 5.32 Å². The number of benzene rings is 1. The molecule has 21 heavy (non-hydrogen) atoms. The molecule has 0 bridgehead atoms. The standard InChI is InChI=1S/C16H21FN2O2/c1-4-10(2)14-15(20)18-11(3)16(21)19(14)9-12-7-5-6-8-13(12)17/h5-8,10-11,14H,4,9H2,1-3H3,(H,18,20). The second-order valence-electron chi connectivity index (χ2n) is 5.62. The molecule has 1 aliphatic heterocycles. The van der Waals surface area contributed by atoms with Crippen LogP contribution in [0.2, 0.25) is 0 Å². The molecule has 114 valence electrons. The van der Waals surface area contributed by atoms with Gasteiger partial charge in [0.15, 0.2) is 0 Å². The number of nitrogens with one attached hydrogen (secondary N) is 1. The zero-order valence-electron chi connectivity index (χ0n) is 12.6. The van der Waals surface area contributed by atoms with Crippen molar-refractivity contribution in [3.63, 3.8) is 0 Å². The summed E-state index contributed by atoms with van der Waals surface area (Å²) in [6.45, 7) is 5.68. The Morgan fingerprint density at radius 2 is 2.00 bits per heavy atom. The number of carbonyl (C=O) groups excluding carboxylic acids is 2. The second-order valence-corrected chi connectivity index (χ2v) is 5.62. The van der Waals surface area contributed by atoms with E-state index in [0.717, 1.165) is 6.42 Å². The highest BCUT2D eigenvalue weighted by atomic mass is 19.1. The first-order valence-corrected chi connectivity index (χ1v) is 7.30. The third-order valence-corrected chi connectivity index (χ3v) is 4.10. The molecule has 4 nitrogen and oxygen atoms in total. The Morgan fingerprint density at radius 3 is 2.62 bits per heavy atom. The van der Waals surface area contributed by atoms with Crippen molar-refractivity contribution < 1.29 is 14.0 Å². The van der Waals surface area contributed by atoms with Gasteiger partial charge in [-0.05, 0) is 18.9 Å². The van der Waals surface area contributed by atoms with Crippen LogP contribution in [0.5, 0.6) is 0 Å². The van der Waals surface area contributed by atoms with Crippen molar-refractivity contribution in [3.05, 3.63) is 35.6 Å². The van der Waals surface area contributed by atoms with E-state index in [1.807, 2.05) is 13.8 Å². The molecule has 1 aliphatic rings. The number of carbonyl (C=O) groups is 2. The van der Waals surface area contributed by atoms with Crippen molar-refractivity contribution in [2.45, 2.75) is 45.8 Å². The molecule has 0 spiro atoms. The molecule has 1 saturated heterocycles. The first-order valence-electron chi connectivity index (χ1n) is 7.30. The van der Waals surface area contributed by atoms with E-state index in [4.69, 9.17) is 0 Å². The van der Waals surface area contributed by atoms with Gasteiger partial charge in [-0.15, -0.1) is 0 Å². The topological polar surface area (TPSA) is 49.4 Å². The summed E-state index contributed by atoms with van der Waals surface area (Å²) in [5.41, 5.74) is 0.432. The van der Waals surface area contributed by atoms with Crippen molar-refractivity contribution in [2.24, 2.45) is 5.92 Å². The Bertz CT molecular complexity index is 547. The smallest absolute Gasteiger partial charge is 0.245 e. The van der Waals surface area contributed by atoms with Crippen molar-refractivity contribution in [3.8, 4) is 0 Å². The van der Waals surface area contributed by atoms with Gasteiger partial charge in [-0.25, -0.2) is 4.39 Å². The number of nitrogens with zero attached hydrogens (tertiary/aromatic N) is 1. The monoisotopic (exact) mass is 292 g/mol. The van der Waals surface area contributed by atoms with E-state index >= 15 is 0 Å². The third-order valence-electron chi connectivity index (χ3n) is 4.10. The van der Waals surface area contributed by atoms with Gasteiger partial charge in [0.2, 0.25) is 11.8 Å².